The molecule has 4 fully saturated rings. The summed E-state index contributed by atoms with van der Waals surface area (Å²) in [6.45, 7) is 5.58. The summed E-state index contributed by atoms with van der Waals surface area (Å²) < 4.78 is 0. The van der Waals surface area contributed by atoms with Gasteiger partial charge in [0.05, 0.1) is 0 Å². The molecule has 2 N–H and O–H groups in total. The van der Waals surface area contributed by atoms with Gasteiger partial charge in [0.15, 0.2) is 5.11 Å². The van der Waals surface area contributed by atoms with Crippen molar-refractivity contribution in [1.82, 2.24) is 10.6 Å². The summed E-state index contributed by atoms with van der Waals surface area (Å²) >= 11 is 5.54. The van der Waals surface area contributed by atoms with Crippen LogP contribution < -0.4 is 10.6 Å². The largest absolute Gasteiger partial charge is 0.363 e. The van der Waals surface area contributed by atoms with E-state index in [1.165, 1.54) is 57.8 Å². The van der Waals surface area contributed by atoms with Crippen LogP contribution in [-0.2, 0) is 0 Å². The van der Waals surface area contributed by atoms with E-state index in [1.807, 2.05) is 0 Å². The third-order valence-corrected chi connectivity index (χ3v) is 6.62. The van der Waals surface area contributed by atoms with Gasteiger partial charge in [-0.2, -0.15) is 0 Å². The van der Waals surface area contributed by atoms with Crippen LogP contribution in [-0.4, -0.2) is 17.7 Å². The molecular formula is C18H32N2S. The van der Waals surface area contributed by atoms with Crippen molar-refractivity contribution < 1.29 is 0 Å². The van der Waals surface area contributed by atoms with Crippen molar-refractivity contribution in [3.8, 4) is 0 Å². The van der Waals surface area contributed by atoms with Crippen LogP contribution in [0.4, 0.5) is 0 Å². The van der Waals surface area contributed by atoms with Gasteiger partial charge in [0.1, 0.15) is 0 Å². The van der Waals surface area contributed by atoms with Crippen molar-refractivity contribution in [2.45, 2.75) is 77.7 Å². The summed E-state index contributed by atoms with van der Waals surface area (Å²) in [5.41, 5.74) is 0.556. The Bertz CT molecular complexity index is 344. The molecule has 2 nitrogen and oxygen atoms in total. The zero-order chi connectivity index (χ0) is 14.9. The van der Waals surface area contributed by atoms with Crippen molar-refractivity contribution in [3.05, 3.63) is 0 Å². The summed E-state index contributed by atoms with van der Waals surface area (Å²) in [6.07, 6.45) is 12.6. The molecule has 0 radical (unpaired) electrons. The molecule has 0 aromatic carbocycles. The molecule has 21 heavy (non-hydrogen) atoms. The van der Waals surface area contributed by atoms with Gasteiger partial charge in [-0.15, -0.1) is 0 Å². The fraction of sp³-hybridized carbons (Fsp3) is 0.944. The number of unbranched alkanes of at least 4 members (excludes halogenated alkanes) is 1. The highest BCUT2D eigenvalue weighted by Crippen LogP contribution is 2.61. The lowest BCUT2D eigenvalue weighted by Crippen LogP contribution is -2.58. The number of nitrogens with one attached hydrogen (secondary N) is 2. The lowest BCUT2D eigenvalue weighted by molar-refractivity contribution is -0.0711. The van der Waals surface area contributed by atoms with Gasteiger partial charge >= 0.3 is 0 Å². The summed E-state index contributed by atoms with van der Waals surface area (Å²) in [5, 5.41) is 8.00. The molecule has 0 aromatic heterocycles. The third kappa shape index (κ3) is 3.23. The standard InChI is InChI=1S/C18H32N2S/c1-3-5-6-19-17(21)20-16(4-2)18-10-13-7-14(11-18)9-15(8-13)12-18/h13-16H,3-12H2,1-2H3,(H2,19,20,21). The second kappa shape index (κ2) is 6.44. The van der Waals surface area contributed by atoms with E-state index in [0.29, 0.717) is 11.5 Å². The molecule has 0 spiro atoms. The minimum Gasteiger partial charge on any atom is -0.363 e. The smallest absolute Gasteiger partial charge is 0.166 e. The molecule has 0 heterocycles. The molecule has 4 bridgehead atoms. The summed E-state index contributed by atoms with van der Waals surface area (Å²) in [4.78, 5) is 0. The van der Waals surface area contributed by atoms with Crippen LogP contribution in [0.1, 0.15) is 71.6 Å². The molecule has 0 aliphatic heterocycles. The van der Waals surface area contributed by atoms with Crippen LogP contribution >= 0.6 is 12.2 Å². The first kappa shape index (κ1) is 15.6. The molecule has 3 heteroatoms. The highest BCUT2D eigenvalue weighted by Gasteiger charge is 2.53. The van der Waals surface area contributed by atoms with Crippen LogP contribution in [0.2, 0.25) is 0 Å². The fourth-order valence-corrected chi connectivity index (χ4v) is 6.12. The Morgan fingerprint density at radius 2 is 1.67 bits per heavy atom. The Hall–Kier alpha value is -0.310. The molecule has 0 saturated heterocycles. The van der Waals surface area contributed by atoms with Crippen molar-refractivity contribution in [1.29, 1.82) is 0 Å². The Kier molecular flexibility index (Phi) is 4.78. The lowest BCUT2D eigenvalue weighted by atomic mass is 9.47. The number of hydrogen-bond acceptors (Lipinski definition) is 1. The third-order valence-electron chi connectivity index (χ3n) is 6.35. The van der Waals surface area contributed by atoms with E-state index in [4.69, 9.17) is 12.2 Å². The Morgan fingerprint density at radius 1 is 1.10 bits per heavy atom. The van der Waals surface area contributed by atoms with Gasteiger partial charge in [-0.1, -0.05) is 20.3 Å². The molecule has 120 valence electrons. The van der Waals surface area contributed by atoms with Gasteiger partial charge in [-0.3, -0.25) is 0 Å². The Labute approximate surface area is 135 Å². The first-order valence-electron chi connectivity index (χ1n) is 9.19. The maximum Gasteiger partial charge on any atom is 0.166 e. The van der Waals surface area contributed by atoms with E-state index in [2.05, 4.69) is 24.5 Å². The van der Waals surface area contributed by atoms with Crippen LogP contribution in [0.3, 0.4) is 0 Å². The molecule has 0 aromatic rings. The predicted molar refractivity (Wildman–Crippen MR) is 93.3 cm³/mol. The first-order valence-corrected chi connectivity index (χ1v) is 9.60. The van der Waals surface area contributed by atoms with Crippen LogP contribution in [0, 0.1) is 23.2 Å². The van der Waals surface area contributed by atoms with Crippen LogP contribution in [0.15, 0.2) is 0 Å². The lowest BCUT2D eigenvalue weighted by Gasteiger charge is -2.59. The molecule has 4 aliphatic rings. The molecule has 0 amide bonds. The summed E-state index contributed by atoms with van der Waals surface area (Å²) in [7, 11) is 0. The zero-order valence-corrected chi connectivity index (χ0v) is 14.6. The number of hydrogen-bond donors (Lipinski definition) is 2. The first-order chi connectivity index (χ1) is 10.1. The van der Waals surface area contributed by atoms with E-state index < -0.39 is 0 Å². The van der Waals surface area contributed by atoms with Gasteiger partial charge in [-0.25, -0.2) is 0 Å². The fourth-order valence-electron chi connectivity index (χ4n) is 5.88. The highest BCUT2D eigenvalue weighted by molar-refractivity contribution is 7.80. The maximum atomic E-state index is 5.54. The van der Waals surface area contributed by atoms with Gasteiger partial charge in [0.25, 0.3) is 0 Å². The minimum absolute atomic E-state index is 0.556. The van der Waals surface area contributed by atoms with Crippen LogP contribution in [0.5, 0.6) is 0 Å². The second-order valence-corrected chi connectivity index (χ2v) is 8.40. The average molecular weight is 309 g/mol. The highest BCUT2D eigenvalue weighted by atomic mass is 32.1. The Morgan fingerprint density at radius 3 is 2.14 bits per heavy atom. The van der Waals surface area contributed by atoms with E-state index in [9.17, 15) is 0 Å². The van der Waals surface area contributed by atoms with Gasteiger partial charge in [-0.05, 0) is 86.8 Å². The van der Waals surface area contributed by atoms with Crippen LogP contribution in [0.25, 0.3) is 0 Å². The van der Waals surface area contributed by atoms with E-state index in [-0.39, 0.29) is 0 Å². The average Bonchev–Trinajstić information content (AvgIpc) is 2.43. The second-order valence-electron chi connectivity index (χ2n) is 7.99. The zero-order valence-electron chi connectivity index (χ0n) is 13.8. The molecular weight excluding hydrogens is 276 g/mol. The topological polar surface area (TPSA) is 24.1 Å². The van der Waals surface area contributed by atoms with Gasteiger partial charge < -0.3 is 10.6 Å². The maximum absolute atomic E-state index is 5.54. The number of thiocarbonyl (C=S) groups is 1. The van der Waals surface area contributed by atoms with Crippen molar-refractivity contribution >= 4 is 17.3 Å². The quantitative estimate of drug-likeness (QED) is 0.567. The van der Waals surface area contributed by atoms with Gasteiger partial charge in [0, 0.05) is 12.6 Å². The summed E-state index contributed by atoms with van der Waals surface area (Å²) in [6, 6.07) is 0.590. The van der Waals surface area contributed by atoms with E-state index >= 15 is 0 Å². The minimum atomic E-state index is 0.556. The van der Waals surface area contributed by atoms with Crippen molar-refractivity contribution in [3.63, 3.8) is 0 Å². The SMILES string of the molecule is CCCCNC(=S)NC(CC)C12CC3CC(CC(C3)C1)C2. The molecule has 4 aliphatic carbocycles. The van der Waals surface area contributed by atoms with Gasteiger partial charge in [0.2, 0.25) is 0 Å². The Balaban J connectivity index is 1.61. The predicted octanol–water partition coefficient (Wildman–Crippen LogP) is 4.25. The molecule has 1 atom stereocenters. The van der Waals surface area contributed by atoms with Crippen molar-refractivity contribution in [2.75, 3.05) is 6.54 Å². The monoisotopic (exact) mass is 308 g/mol. The molecule has 4 rings (SSSR count). The normalized spacial score (nSPS) is 38.3. The van der Waals surface area contributed by atoms with E-state index in [1.54, 1.807) is 0 Å². The number of rotatable bonds is 6. The van der Waals surface area contributed by atoms with Crippen molar-refractivity contribution in [2.24, 2.45) is 23.2 Å². The molecule has 4 saturated carbocycles. The molecule has 1 unspecified atom stereocenters. The van der Waals surface area contributed by atoms with E-state index in [0.717, 1.165) is 29.4 Å². The summed E-state index contributed by atoms with van der Waals surface area (Å²) in [5.74, 6) is 3.07.